The van der Waals surface area contributed by atoms with Crippen molar-refractivity contribution in [3.63, 3.8) is 0 Å². The number of nitrogens with one attached hydrogen (secondary N) is 1. The molecule has 202 valence electrons. The van der Waals surface area contributed by atoms with Crippen molar-refractivity contribution in [1.29, 1.82) is 0 Å². The molecule has 0 heterocycles. The van der Waals surface area contributed by atoms with E-state index in [0.29, 0.717) is 30.2 Å². The van der Waals surface area contributed by atoms with Gasteiger partial charge in [-0.1, -0.05) is 114 Å². The van der Waals surface area contributed by atoms with E-state index in [-0.39, 0.29) is 12.1 Å². The summed E-state index contributed by atoms with van der Waals surface area (Å²) in [5.74, 6) is 1.75. The van der Waals surface area contributed by atoms with Crippen molar-refractivity contribution in [2.75, 3.05) is 5.32 Å². The summed E-state index contributed by atoms with van der Waals surface area (Å²) in [6, 6.07) is 26.4. The Morgan fingerprint density at radius 2 is 1.32 bits per heavy atom. The predicted molar refractivity (Wildman–Crippen MR) is 161 cm³/mol. The van der Waals surface area contributed by atoms with Crippen molar-refractivity contribution >= 4 is 11.7 Å². The second-order valence-corrected chi connectivity index (χ2v) is 12.0. The van der Waals surface area contributed by atoms with Crippen LogP contribution in [0.1, 0.15) is 119 Å². The highest BCUT2D eigenvalue weighted by molar-refractivity contribution is 5.91. The molecular weight excluding hydrogens is 464 g/mol. The number of carbonyl (C=O) groups excluding carboxylic acids is 1. The molecule has 2 amide bonds. The van der Waals surface area contributed by atoms with Gasteiger partial charge in [0.15, 0.2) is 0 Å². The molecule has 3 aromatic carbocycles. The van der Waals surface area contributed by atoms with Crippen LogP contribution in [0.3, 0.4) is 0 Å². The standard InChI is InChI=1S/C35H46N2O/c1-24(2)28-17-15-27(16-18-28)23-37(31-21-19-30(20-22-31)29-11-8-7-9-12-29)35(38)36-34-32(25(3)4)13-10-14-33(34)26(5)6/h7-18,24-26,30-31H,19-23H2,1-6H3,(H,36,38). The number of anilines is 1. The van der Waals surface area contributed by atoms with Gasteiger partial charge < -0.3 is 10.2 Å². The molecule has 0 aliphatic heterocycles. The van der Waals surface area contributed by atoms with Gasteiger partial charge in [-0.3, -0.25) is 0 Å². The summed E-state index contributed by atoms with van der Waals surface area (Å²) in [5.41, 5.74) is 7.37. The first kappa shape index (κ1) is 28.0. The number of rotatable bonds is 8. The lowest BCUT2D eigenvalue weighted by Crippen LogP contribution is -2.44. The Balaban J connectivity index is 1.59. The second-order valence-electron chi connectivity index (χ2n) is 12.0. The van der Waals surface area contributed by atoms with Crippen molar-refractivity contribution in [3.05, 3.63) is 101 Å². The first-order chi connectivity index (χ1) is 18.2. The molecule has 1 aliphatic carbocycles. The van der Waals surface area contributed by atoms with E-state index >= 15 is 0 Å². The number of hydrogen-bond donors (Lipinski definition) is 1. The van der Waals surface area contributed by atoms with Crippen LogP contribution in [-0.4, -0.2) is 17.0 Å². The maximum Gasteiger partial charge on any atom is 0.322 e. The van der Waals surface area contributed by atoms with Crippen LogP contribution < -0.4 is 5.32 Å². The van der Waals surface area contributed by atoms with Crippen molar-refractivity contribution in [1.82, 2.24) is 4.90 Å². The summed E-state index contributed by atoms with van der Waals surface area (Å²) in [6.07, 6.45) is 4.29. The number of benzene rings is 3. The molecule has 1 N–H and O–H groups in total. The molecule has 1 fully saturated rings. The largest absolute Gasteiger partial charge is 0.322 e. The van der Waals surface area contributed by atoms with Crippen molar-refractivity contribution < 1.29 is 4.79 Å². The molecule has 0 spiro atoms. The minimum Gasteiger partial charge on any atom is -0.317 e. The average Bonchev–Trinajstić information content (AvgIpc) is 2.92. The molecule has 0 saturated heterocycles. The van der Waals surface area contributed by atoms with Gasteiger partial charge >= 0.3 is 6.03 Å². The molecule has 3 nitrogen and oxygen atoms in total. The number of urea groups is 1. The summed E-state index contributed by atoms with van der Waals surface area (Å²) >= 11 is 0. The highest BCUT2D eigenvalue weighted by Gasteiger charge is 2.30. The van der Waals surface area contributed by atoms with Gasteiger partial charge in [0.2, 0.25) is 0 Å². The highest BCUT2D eigenvalue weighted by atomic mass is 16.2. The van der Waals surface area contributed by atoms with Gasteiger partial charge in [-0.15, -0.1) is 0 Å². The molecule has 3 aromatic rings. The smallest absolute Gasteiger partial charge is 0.317 e. The van der Waals surface area contributed by atoms with Gasteiger partial charge in [-0.05, 0) is 77.2 Å². The van der Waals surface area contributed by atoms with Crippen molar-refractivity contribution in [2.24, 2.45) is 0 Å². The number of nitrogens with zero attached hydrogens (tertiary/aromatic N) is 1. The minimum absolute atomic E-state index is 0.0242. The summed E-state index contributed by atoms with van der Waals surface area (Å²) in [6.45, 7) is 13.9. The van der Waals surface area contributed by atoms with Gasteiger partial charge in [0.25, 0.3) is 0 Å². The van der Waals surface area contributed by atoms with Gasteiger partial charge in [-0.25, -0.2) is 4.79 Å². The fourth-order valence-corrected chi connectivity index (χ4v) is 5.89. The maximum absolute atomic E-state index is 14.1. The molecule has 3 heteroatoms. The lowest BCUT2D eigenvalue weighted by molar-refractivity contribution is 0.158. The Morgan fingerprint density at radius 1 is 0.737 bits per heavy atom. The predicted octanol–water partition coefficient (Wildman–Crippen LogP) is 9.82. The summed E-state index contributed by atoms with van der Waals surface area (Å²) in [7, 11) is 0. The van der Waals surface area contributed by atoms with Crippen LogP contribution in [-0.2, 0) is 6.54 Å². The summed E-state index contributed by atoms with van der Waals surface area (Å²) in [4.78, 5) is 16.2. The molecule has 0 unspecified atom stereocenters. The quantitative estimate of drug-likeness (QED) is 0.321. The van der Waals surface area contributed by atoms with Crippen LogP contribution in [0.2, 0.25) is 0 Å². The van der Waals surface area contributed by atoms with Crippen LogP contribution in [0, 0.1) is 0 Å². The van der Waals surface area contributed by atoms with E-state index in [1.54, 1.807) is 0 Å². The Hall–Kier alpha value is -3.07. The molecule has 0 aromatic heterocycles. The molecule has 4 rings (SSSR count). The maximum atomic E-state index is 14.1. The van der Waals surface area contributed by atoms with E-state index < -0.39 is 0 Å². The zero-order valence-corrected chi connectivity index (χ0v) is 24.2. The number of para-hydroxylation sites is 1. The van der Waals surface area contributed by atoms with Crippen LogP contribution in [0.5, 0.6) is 0 Å². The highest BCUT2D eigenvalue weighted by Crippen LogP contribution is 2.37. The molecule has 0 radical (unpaired) electrons. The SMILES string of the molecule is CC(C)c1ccc(CN(C(=O)Nc2c(C(C)C)cccc2C(C)C)C2CCC(c3ccccc3)CC2)cc1. The molecule has 1 saturated carbocycles. The van der Waals surface area contributed by atoms with Crippen LogP contribution in [0.15, 0.2) is 72.8 Å². The van der Waals surface area contributed by atoms with Crippen LogP contribution in [0.4, 0.5) is 10.5 Å². The number of hydrogen-bond acceptors (Lipinski definition) is 1. The van der Waals surface area contributed by atoms with Gasteiger partial charge in [0.1, 0.15) is 0 Å². The third kappa shape index (κ3) is 6.67. The van der Waals surface area contributed by atoms with E-state index in [9.17, 15) is 4.79 Å². The lowest BCUT2D eigenvalue weighted by Gasteiger charge is -2.37. The summed E-state index contributed by atoms with van der Waals surface area (Å²) < 4.78 is 0. The Bertz CT molecular complexity index is 1150. The minimum atomic E-state index is 0.0242. The average molecular weight is 511 g/mol. The fraction of sp³-hybridized carbons (Fsp3) is 0.457. The van der Waals surface area contributed by atoms with E-state index in [0.717, 1.165) is 31.4 Å². The Labute approximate surface area is 230 Å². The van der Waals surface area contributed by atoms with Gasteiger partial charge in [0, 0.05) is 18.3 Å². The normalized spacial score (nSPS) is 17.7. The van der Waals surface area contributed by atoms with Gasteiger partial charge in [-0.2, -0.15) is 0 Å². The van der Waals surface area contributed by atoms with E-state index in [1.165, 1.54) is 27.8 Å². The Kier molecular flexibility index (Phi) is 9.31. The first-order valence-electron chi connectivity index (χ1n) is 14.6. The van der Waals surface area contributed by atoms with E-state index in [4.69, 9.17) is 0 Å². The number of carbonyl (C=O) groups is 1. The Morgan fingerprint density at radius 3 is 1.84 bits per heavy atom. The third-order valence-corrected chi connectivity index (χ3v) is 8.27. The molecule has 0 atom stereocenters. The third-order valence-electron chi connectivity index (χ3n) is 8.27. The molecule has 1 aliphatic rings. The molecule has 0 bridgehead atoms. The topological polar surface area (TPSA) is 32.3 Å². The van der Waals surface area contributed by atoms with Gasteiger partial charge in [0.05, 0.1) is 0 Å². The first-order valence-corrected chi connectivity index (χ1v) is 14.6. The monoisotopic (exact) mass is 510 g/mol. The van der Waals surface area contributed by atoms with Crippen molar-refractivity contribution in [3.8, 4) is 0 Å². The van der Waals surface area contributed by atoms with Crippen molar-refractivity contribution in [2.45, 2.75) is 103 Å². The molecular formula is C35H46N2O. The fourth-order valence-electron chi connectivity index (χ4n) is 5.89. The van der Waals surface area contributed by atoms with E-state index in [2.05, 4.69) is 125 Å². The van der Waals surface area contributed by atoms with Crippen LogP contribution in [0.25, 0.3) is 0 Å². The van der Waals surface area contributed by atoms with Crippen LogP contribution >= 0.6 is 0 Å². The van der Waals surface area contributed by atoms with E-state index in [1.807, 2.05) is 0 Å². The summed E-state index contributed by atoms with van der Waals surface area (Å²) in [5, 5.41) is 3.42. The molecule has 38 heavy (non-hydrogen) atoms. The second kappa shape index (κ2) is 12.7. The number of amides is 2. The zero-order chi connectivity index (χ0) is 27.2. The zero-order valence-electron chi connectivity index (χ0n) is 24.2. The lowest BCUT2D eigenvalue weighted by atomic mass is 9.81.